The number of aryl methyl sites for hydroxylation is 2. The van der Waals surface area contributed by atoms with Gasteiger partial charge in [0.15, 0.2) is 0 Å². The molecule has 26 heavy (non-hydrogen) atoms. The Hall–Kier alpha value is -3.22. The molecule has 2 heterocycles. The van der Waals surface area contributed by atoms with Crippen molar-refractivity contribution in [2.24, 2.45) is 5.92 Å². The van der Waals surface area contributed by atoms with Crippen LogP contribution in [0.25, 0.3) is 5.82 Å². The van der Waals surface area contributed by atoms with E-state index >= 15 is 0 Å². The maximum Gasteiger partial charge on any atom is 0.227 e. The van der Waals surface area contributed by atoms with Gasteiger partial charge in [-0.1, -0.05) is 0 Å². The Morgan fingerprint density at radius 3 is 2.62 bits per heavy atom. The lowest BCUT2D eigenvalue weighted by atomic mass is 10.3. The topological polar surface area (TPSA) is 81.9 Å². The minimum absolute atomic E-state index is 0.0884. The molecule has 1 aliphatic carbocycles. The molecule has 1 aliphatic rings. The predicted molar refractivity (Wildman–Crippen MR) is 96.5 cm³/mol. The number of ether oxygens (including phenoxy) is 1. The average molecular weight is 349 g/mol. The summed E-state index contributed by atoms with van der Waals surface area (Å²) in [7, 11) is 0. The fraction of sp³-hybridized carbons (Fsp3) is 0.263. The molecule has 1 amide bonds. The fourth-order valence-corrected chi connectivity index (χ4v) is 2.64. The van der Waals surface area contributed by atoms with Crippen LogP contribution in [-0.4, -0.2) is 25.4 Å². The molecule has 0 saturated heterocycles. The van der Waals surface area contributed by atoms with Crippen molar-refractivity contribution in [2.75, 3.05) is 5.32 Å². The van der Waals surface area contributed by atoms with Crippen LogP contribution in [0.3, 0.4) is 0 Å². The van der Waals surface area contributed by atoms with E-state index in [9.17, 15) is 4.79 Å². The van der Waals surface area contributed by atoms with E-state index in [-0.39, 0.29) is 11.8 Å². The van der Waals surface area contributed by atoms with Crippen LogP contribution >= 0.6 is 0 Å². The first-order chi connectivity index (χ1) is 12.6. The quantitative estimate of drug-likeness (QED) is 0.763. The molecule has 1 aromatic carbocycles. The highest BCUT2D eigenvalue weighted by Gasteiger charge is 2.29. The van der Waals surface area contributed by atoms with Crippen molar-refractivity contribution in [2.45, 2.75) is 26.7 Å². The highest BCUT2D eigenvalue weighted by Crippen LogP contribution is 2.30. The maximum atomic E-state index is 11.8. The third-order valence-electron chi connectivity index (χ3n) is 4.17. The Kier molecular flexibility index (Phi) is 4.12. The van der Waals surface area contributed by atoms with Crippen molar-refractivity contribution in [1.29, 1.82) is 0 Å². The summed E-state index contributed by atoms with van der Waals surface area (Å²) in [6.45, 7) is 3.73. The van der Waals surface area contributed by atoms with Crippen molar-refractivity contribution in [3.8, 4) is 17.4 Å². The molecule has 3 aromatic rings. The highest BCUT2D eigenvalue weighted by molar-refractivity contribution is 5.94. The number of hydrogen-bond acceptors (Lipinski definition) is 5. The summed E-state index contributed by atoms with van der Waals surface area (Å²) < 4.78 is 7.73. The number of hydrogen-bond donors (Lipinski definition) is 1. The molecular weight excluding hydrogens is 330 g/mol. The third kappa shape index (κ3) is 3.56. The summed E-state index contributed by atoms with van der Waals surface area (Å²) in [5.41, 5.74) is 0.767. The van der Waals surface area contributed by atoms with Gasteiger partial charge in [-0.15, -0.1) is 0 Å². The first kappa shape index (κ1) is 16.3. The molecule has 0 spiro atoms. The number of nitrogens with one attached hydrogen (secondary N) is 1. The third-order valence-corrected chi connectivity index (χ3v) is 4.17. The first-order valence-electron chi connectivity index (χ1n) is 8.53. The molecule has 0 unspecified atom stereocenters. The lowest BCUT2D eigenvalue weighted by molar-refractivity contribution is -0.117. The SMILES string of the molecule is Cc1nc(Oc2ccc(NC(=O)C3CC3)cc2)cc(-n2ccnc2C)n1. The van der Waals surface area contributed by atoms with Crippen molar-refractivity contribution in [1.82, 2.24) is 19.5 Å². The Morgan fingerprint density at radius 2 is 1.96 bits per heavy atom. The molecule has 1 saturated carbocycles. The molecule has 0 aliphatic heterocycles. The van der Waals surface area contributed by atoms with E-state index in [4.69, 9.17) is 4.74 Å². The van der Waals surface area contributed by atoms with E-state index in [0.29, 0.717) is 23.3 Å². The Morgan fingerprint density at radius 1 is 1.19 bits per heavy atom. The second kappa shape index (κ2) is 6.59. The number of carbonyl (C=O) groups is 1. The Balaban J connectivity index is 1.51. The fourth-order valence-electron chi connectivity index (χ4n) is 2.64. The molecule has 1 N–H and O–H groups in total. The maximum absolute atomic E-state index is 11.8. The number of benzene rings is 1. The summed E-state index contributed by atoms with van der Waals surface area (Å²) in [5, 5.41) is 2.91. The smallest absolute Gasteiger partial charge is 0.227 e. The first-order valence-corrected chi connectivity index (χ1v) is 8.53. The van der Waals surface area contributed by atoms with Gasteiger partial charge in [0, 0.05) is 30.1 Å². The largest absolute Gasteiger partial charge is 0.439 e. The summed E-state index contributed by atoms with van der Waals surface area (Å²) in [4.78, 5) is 24.8. The van der Waals surface area contributed by atoms with E-state index in [2.05, 4.69) is 20.3 Å². The van der Waals surface area contributed by atoms with Crippen LogP contribution in [0.2, 0.25) is 0 Å². The van der Waals surface area contributed by atoms with Gasteiger partial charge in [0.25, 0.3) is 0 Å². The van der Waals surface area contributed by atoms with Gasteiger partial charge < -0.3 is 10.1 Å². The van der Waals surface area contributed by atoms with Gasteiger partial charge in [0.05, 0.1) is 0 Å². The zero-order valence-electron chi connectivity index (χ0n) is 14.6. The summed E-state index contributed by atoms with van der Waals surface area (Å²) >= 11 is 0. The van der Waals surface area contributed by atoms with Crippen LogP contribution < -0.4 is 10.1 Å². The number of aromatic nitrogens is 4. The van der Waals surface area contributed by atoms with Gasteiger partial charge >= 0.3 is 0 Å². The lowest BCUT2D eigenvalue weighted by Gasteiger charge is -2.10. The van der Waals surface area contributed by atoms with Crippen LogP contribution in [0.5, 0.6) is 11.6 Å². The van der Waals surface area contributed by atoms with Crippen LogP contribution in [0.15, 0.2) is 42.7 Å². The zero-order valence-corrected chi connectivity index (χ0v) is 14.6. The lowest BCUT2D eigenvalue weighted by Crippen LogP contribution is -2.12. The van der Waals surface area contributed by atoms with Crippen LogP contribution in [0.1, 0.15) is 24.5 Å². The zero-order chi connectivity index (χ0) is 18.1. The minimum Gasteiger partial charge on any atom is -0.439 e. The summed E-state index contributed by atoms with van der Waals surface area (Å²) in [6.07, 6.45) is 5.54. The van der Waals surface area contributed by atoms with E-state index < -0.39 is 0 Å². The normalized spacial score (nSPS) is 13.5. The number of imidazole rings is 1. The Labute approximate surface area is 151 Å². The van der Waals surface area contributed by atoms with Gasteiger partial charge in [0.1, 0.15) is 23.2 Å². The van der Waals surface area contributed by atoms with E-state index in [1.807, 2.05) is 48.9 Å². The average Bonchev–Trinajstić information content (AvgIpc) is 3.38. The molecule has 7 heteroatoms. The second-order valence-corrected chi connectivity index (χ2v) is 6.35. The Bertz CT molecular complexity index is 945. The van der Waals surface area contributed by atoms with Crippen molar-refractivity contribution in [3.05, 3.63) is 54.4 Å². The van der Waals surface area contributed by atoms with E-state index in [1.165, 1.54) is 0 Å². The number of amides is 1. The minimum atomic E-state index is 0.0884. The van der Waals surface area contributed by atoms with Crippen molar-refractivity contribution >= 4 is 11.6 Å². The van der Waals surface area contributed by atoms with Gasteiger partial charge in [0.2, 0.25) is 11.8 Å². The molecule has 1 fully saturated rings. The molecule has 0 atom stereocenters. The number of anilines is 1. The van der Waals surface area contributed by atoms with Gasteiger partial charge in [-0.2, -0.15) is 4.98 Å². The molecule has 7 nitrogen and oxygen atoms in total. The molecule has 4 rings (SSSR count). The van der Waals surface area contributed by atoms with Gasteiger partial charge in [-0.25, -0.2) is 9.97 Å². The molecule has 0 radical (unpaired) electrons. The molecule has 0 bridgehead atoms. The van der Waals surface area contributed by atoms with Crippen LogP contribution in [0.4, 0.5) is 5.69 Å². The second-order valence-electron chi connectivity index (χ2n) is 6.35. The standard InChI is InChI=1S/C19H19N5O2/c1-12-21-17(24-10-9-20-13(24)2)11-18(22-12)26-16-7-5-15(6-8-16)23-19(25)14-3-4-14/h5-11,14H,3-4H2,1-2H3,(H,23,25). The molecule has 132 valence electrons. The summed E-state index contributed by atoms with van der Waals surface area (Å²) in [6, 6.07) is 9.03. The molecule has 2 aromatic heterocycles. The number of nitrogens with zero attached hydrogens (tertiary/aromatic N) is 4. The summed E-state index contributed by atoms with van der Waals surface area (Å²) in [5.74, 6) is 3.51. The van der Waals surface area contributed by atoms with Gasteiger partial charge in [-0.05, 0) is 51.0 Å². The predicted octanol–water partition coefficient (Wildman–Crippen LogP) is 3.42. The highest BCUT2D eigenvalue weighted by atomic mass is 16.5. The van der Waals surface area contributed by atoms with Crippen molar-refractivity contribution < 1.29 is 9.53 Å². The van der Waals surface area contributed by atoms with E-state index in [0.717, 1.165) is 24.4 Å². The van der Waals surface area contributed by atoms with Crippen LogP contribution in [0, 0.1) is 19.8 Å². The van der Waals surface area contributed by atoms with Gasteiger partial charge in [-0.3, -0.25) is 9.36 Å². The monoisotopic (exact) mass is 349 g/mol. The van der Waals surface area contributed by atoms with Crippen LogP contribution in [-0.2, 0) is 4.79 Å². The van der Waals surface area contributed by atoms with Crippen molar-refractivity contribution in [3.63, 3.8) is 0 Å². The molecular formula is C19H19N5O2. The number of carbonyl (C=O) groups excluding carboxylic acids is 1. The number of rotatable bonds is 5. The van der Waals surface area contributed by atoms with E-state index in [1.54, 1.807) is 12.3 Å².